The summed E-state index contributed by atoms with van der Waals surface area (Å²) >= 11 is 11.9. The molecule has 0 aliphatic rings. The summed E-state index contributed by atoms with van der Waals surface area (Å²) in [4.78, 5) is 11.3. The monoisotopic (exact) mass is 473 g/mol. The van der Waals surface area contributed by atoms with Crippen molar-refractivity contribution in [3.05, 3.63) is 75.5 Å². The topological polar surface area (TPSA) is 58.6 Å². The van der Waals surface area contributed by atoms with Gasteiger partial charge in [-0.1, -0.05) is 53.0 Å². The Morgan fingerprint density at radius 3 is 2.23 bits per heavy atom. The van der Waals surface area contributed by atoms with Gasteiger partial charge in [-0.05, 0) is 30.7 Å². The predicted molar refractivity (Wildman–Crippen MR) is 104 cm³/mol. The average molecular weight is 474 g/mol. The van der Waals surface area contributed by atoms with Gasteiger partial charge in [-0.15, -0.1) is 13.2 Å². The molecule has 0 heterocycles. The molecule has 3 aromatic carbocycles. The highest BCUT2D eigenvalue weighted by atomic mass is 35.5. The van der Waals surface area contributed by atoms with Crippen molar-refractivity contribution in [2.45, 2.75) is 13.3 Å². The lowest BCUT2D eigenvalue weighted by atomic mass is 9.99. The molecule has 0 bridgehead atoms. The smallest absolute Gasteiger partial charge is 0.545 e. The van der Waals surface area contributed by atoms with Crippen molar-refractivity contribution >= 4 is 29.2 Å². The fraction of sp³-hybridized carbons (Fsp3) is 0.0952. The maximum atomic E-state index is 15.1. The molecule has 162 valence electrons. The first-order valence-corrected chi connectivity index (χ1v) is 9.25. The fourth-order valence-corrected chi connectivity index (χ4v) is 3.10. The lowest BCUT2D eigenvalue weighted by Crippen LogP contribution is -2.24. The van der Waals surface area contributed by atoms with Crippen molar-refractivity contribution < 1.29 is 36.9 Å². The summed E-state index contributed by atoms with van der Waals surface area (Å²) < 4.78 is 62.2. The van der Waals surface area contributed by atoms with Gasteiger partial charge in [0.25, 0.3) is 0 Å². The van der Waals surface area contributed by atoms with Gasteiger partial charge in [0.15, 0.2) is 11.5 Å². The molecule has 0 aromatic heterocycles. The molecule has 0 atom stereocenters. The average Bonchev–Trinajstić information content (AvgIpc) is 2.67. The van der Waals surface area contributed by atoms with E-state index in [2.05, 4.69) is 4.74 Å². The summed E-state index contributed by atoms with van der Waals surface area (Å²) in [5.74, 6) is -4.24. The Balaban J connectivity index is 2.15. The molecule has 4 nitrogen and oxygen atoms in total. The molecule has 0 radical (unpaired) electrons. The zero-order valence-corrected chi connectivity index (χ0v) is 17.0. The highest BCUT2D eigenvalue weighted by Gasteiger charge is 2.32. The summed E-state index contributed by atoms with van der Waals surface area (Å²) in [6.07, 6.45) is -5.00. The van der Waals surface area contributed by atoms with Crippen LogP contribution in [0, 0.1) is 12.7 Å². The number of hydrogen-bond acceptors (Lipinski definition) is 4. The third kappa shape index (κ3) is 5.21. The SMILES string of the molecule is Cc1ccc(-c2c(F)c(C(=O)[O-])cc(Cl)c2Oc2ccc(Cl)c(OC(F)(F)F)c2)cc1. The molecule has 3 aromatic rings. The molecule has 0 aliphatic heterocycles. The molecule has 0 saturated heterocycles. The number of halogens is 6. The first-order valence-electron chi connectivity index (χ1n) is 8.50. The Bertz CT molecular complexity index is 1150. The molecule has 0 fully saturated rings. The lowest BCUT2D eigenvalue weighted by Gasteiger charge is -2.18. The Hall–Kier alpha value is -2.97. The molecule has 0 unspecified atom stereocenters. The molecule has 0 amide bonds. The van der Waals surface area contributed by atoms with Crippen LogP contribution in [0.25, 0.3) is 11.1 Å². The van der Waals surface area contributed by atoms with Gasteiger partial charge in [-0.25, -0.2) is 4.39 Å². The van der Waals surface area contributed by atoms with Crippen LogP contribution in [-0.4, -0.2) is 12.3 Å². The minimum atomic E-state index is -5.00. The van der Waals surface area contributed by atoms with E-state index < -0.39 is 29.5 Å². The second-order valence-electron chi connectivity index (χ2n) is 6.32. The lowest BCUT2D eigenvalue weighted by molar-refractivity contribution is -0.274. The Morgan fingerprint density at radius 1 is 1.00 bits per heavy atom. The van der Waals surface area contributed by atoms with E-state index in [1.165, 1.54) is 18.2 Å². The molecule has 10 heteroatoms. The summed E-state index contributed by atoms with van der Waals surface area (Å²) in [6, 6.07) is 10.3. The molecule has 31 heavy (non-hydrogen) atoms. The fourth-order valence-electron chi connectivity index (χ4n) is 2.70. The Labute approximate surface area is 183 Å². The number of carbonyl (C=O) groups excluding carboxylic acids is 1. The van der Waals surface area contributed by atoms with E-state index in [9.17, 15) is 23.1 Å². The largest absolute Gasteiger partial charge is 0.573 e. The summed E-state index contributed by atoms with van der Waals surface area (Å²) in [5.41, 5.74) is -0.0330. The number of rotatable bonds is 5. The van der Waals surface area contributed by atoms with Crippen LogP contribution in [0.4, 0.5) is 17.6 Å². The number of carboxylic acids is 1. The normalized spacial score (nSPS) is 11.3. The zero-order valence-electron chi connectivity index (χ0n) is 15.5. The highest BCUT2D eigenvalue weighted by Crippen LogP contribution is 2.44. The molecule has 0 saturated carbocycles. The van der Waals surface area contributed by atoms with Gasteiger partial charge in [0.2, 0.25) is 0 Å². The van der Waals surface area contributed by atoms with E-state index in [4.69, 9.17) is 27.9 Å². The van der Waals surface area contributed by atoms with Crippen LogP contribution in [0.5, 0.6) is 17.2 Å². The minimum Gasteiger partial charge on any atom is -0.545 e. The minimum absolute atomic E-state index is 0.209. The number of ether oxygens (including phenoxy) is 2. The first-order chi connectivity index (χ1) is 14.5. The molecule has 0 aliphatic carbocycles. The maximum Gasteiger partial charge on any atom is 0.573 e. The van der Waals surface area contributed by atoms with Gasteiger partial charge in [-0.2, -0.15) is 0 Å². The Morgan fingerprint density at radius 2 is 1.65 bits per heavy atom. The molecular weight excluding hydrogens is 463 g/mol. The number of aryl methyl sites for hydroxylation is 1. The number of hydrogen-bond donors (Lipinski definition) is 0. The van der Waals surface area contributed by atoms with Gasteiger partial charge in [0, 0.05) is 11.6 Å². The van der Waals surface area contributed by atoms with Crippen LogP contribution >= 0.6 is 23.2 Å². The van der Waals surface area contributed by atoms with E-state index in [0.717, 1.165) is 23.8 Å². The van der Waals surface area contributed by atoms with Crippen LogP contribution in [0.1, 0.15) is 15.9 Å². The first kappa shape index (κ1) is 22.7. The van der Waals surface area contributed by atoms with Gasteiger partial charge in [0.1, 0.15) is 11.6 Å². The molecule has 3 rings (SSSR count). The summed E-state index contributed by atoms with van der Waals surface area (Å²) in [7, 11) is 0. The van der Waals surface area contributed by atoms with Crippen LogP contribution in [0.3, 0.4) is 0 Å². The van der Waals surface area contributed by atoms with Crippen LogP contribution < -0.4 is 14.6 Å². The third-order valence-electron chi connectivity index (χ3n) is 4.08. The summed E-state index contributed by atoms with van der Waals surface area (Å²) in [5, 5.41) is 10.7. The predicted octanol–water partition coefficient (Wildman–Crippen LogP) is 6.16. The number of carbonyl (C=O) groups is 1. The Kier molecular flexibility index (Phi) is 6.33. The quantitative estimate of drug-likeness (QED) is 0.416. The van der Waals surface area contributed by atoms with E-state index in [1.54, 1.807) is 19.1 Å². The van der Waals surface area contributed by atoms with Crippen LogP contribution in [-0.2, 0) is 0 Å². The molecular formula is C21H11Cl2F4O4-. The molecule has 0 N–H and O–H groups in total. The number of aromatic carboxylic acids is 1. The summed E-state index contributed by atoms with van der Waals surface area (Å²) in [6.45, 7) is 1.79. The van der Waals surface area contributed by atoms with E-state index in [0.29, 0.717) is 0 Å². The van der Waals surface area contributed by atoms with Crippen LogP contribution in [0.15, 0.2) is 48.5 Å². The van der Waals surface area contributed by atoms with Gasteiger partial charge < -0.3 is 19.4 Å². The van der Waals surface area contributed by atoms with Gasteiger partial charge in [-0.3, -0.25) is 0 Å². The standard InChI is InChI=1S/C21H12Cl2F4O4/c1-10-2-4-11(5-3-10)17-18(24)13(20(28)29)9-15(23)19(17)30-12-6-7-14(22)16(8-12)31-21(25,26)27/h2-9H,1H3,(H,28,29)/p-1. The van der Waals surface area contributed by atoms with Gasteiger partial charge >= 0.3 is 6.36 Å². The van der Waals surface area contributed by atoms with Crippen molar-refractivity contribution in [1.29, 1.82) is 0 Å². The highest BCUT2D eigenvalue weighted by molar-refractivity contribution is 6.33. The zero-order chi connectivity index (χ0) is 22.9. The van der Waals surface area contributed by atoms with Gasteiger partial charge in [0.05, 0.1) is 21.6 Å². The van der Waals surface area contributed by atoms with E-state index in [1.807, 2.05) is 0 Å². The molecule has 0 spiro atoms. The second-order valence-corrected chi connectivity index (χ2v) is 7.13. The van der Waals surface area contributed by atoms with Crippen molar-refractivity contribution in [3.8, 4) is 28.4 Å². The maximum absolute atomic E-state index is 15.1. The third-order valence-corrected chi connectivity index (χ3v) is 4.67. The number of benzene rings is 3. The van der Waals surface area contributed by atoms with E-state index in [-0.39, 0.29) is 32.7 Å². The van der Waals surface area contributed by atoms with Crippen molar-refractivity contribution in [1.82, 2.24) is 0 Å². The van der Waals surface area contributed by atoms with E-state index >= 15 is 4.39 Å². The number of carboxylic acid groups (broad SMARTS) is 1. The number of alkyl halides is 3. The van der Waals surface area contributed by atoms with Crippen LogP contribution in [0.2, 0.25) is 10.0 Å². The van der Waals surface area contributed by atoms with Crippen molar-refractivity contribution in [2.24, 2.45) is 0 Å². The van der Waals surface area contributed by atoms with Crippen molar-refractivity contribution in [3.63, 3.8) is 0 Å². The van der Waals surface area contributed by atoms with Crippen molar-refractivity contribution in [2.75, 3.05) is 0 Å². The second kappa shape index (κ2) is 8.64.